The summed E-state index contributed by atoms with van der Waals surface area (Å²) in [5, 5.41) is 2.61. The highest BCUT2D eigenvalue weighted by atomic mass is 32.1. The number of para-hydroxylation sites is 1. The summed E-state index contributed by atoms with van der Waals surface area (Å²) in [4.78, 5) is 40.0. The molecule has 0 bridgehead atoms. The van der Waals surface area contributed by atoms with Crippen LogP contribution in [0.4, 0.5) is 0 Å². The van der Waals surface area contributed by atoms with E-state index >= 15 is 0 Å². The SMILES string of the molecule is C[C@H](OC(=O)CCC(=O)c1cccs1)C(=O)c1c[nH]c2ccccc12. The van der Waals surface area contributed by atoms with Gasteiger partial charge in [-0.15, -0.1) is 11.3 Å². The summed E-state index contributed by atoms with van der Waals surface area (Å²) in [7, 11) is 0. The number of benzene rings is 1. The molecule has 0 amide bonds. The van der Waals surface area contributed by atoms with Gasteiger partial charge >= 0.3 is 5.97 Å². The second-order valence-electron chi connectivity index (χ2n) is 5.64. The predicted molar refractivity (Wildman–Crippen MR) is 96.1 cm³/mol. The smallest absolute Gasteiger partial charge is 0.306 e. The van der Waals surface area contributed by atoms with Crippen LogP contribution >= 0.6 is 11.3 Å². The molecule has 1 aromatic carbocycles. The largest absolute Gasteiger partial charge is 0.454 e. The topological polar surface area (TPSA) is 76.2 Å². The van der Waals surface area contributed by atoms with Crippen LogP contribution in [-0.4, -0.2) is 28.6 Å². The Morgan fingerprint density at radius 1 is 1.12 bits per heavy atom. The number of carbonyl (C=O) groups excluding carboxylic acids is 3. The van der Waals surface area contributed by atoms with E-state index in [4.69, 9.17) is 4.74 Å². The third kappa shape index (κ3) is 3.85. The molecule has 0 saturated heterocycles. The second-order valence-corrected chi connectivity index (χ2v) is 6.59. The van der Waals surface area contributed by atoms with Crippen molar-refractivity contribution in [3.05, 3.63) is 58.4 Å². The van der Waals surface area contributed by atoms with Crippen LogP contribution < -0.4 is 0 Å². The number of thiophene rings is 1. The van der Waals surface area contributed by atoms with Crippen LogP contribution in [0.15, 0.2) is 48.0 Å². The van der Waals surface area contributed by atoms with E-state index in [1.54, 1.807) is 25.3 Å². The van der Waals surface area contributed by atoms with Gasteiger partial charge in [-0.1, -0.05) is 24.3 Å². The minimum atomic E-state index is -0.899. The number of ketones is 2. The molecule has 0 unspecified atom stereocenters. The van der Waals surface area contributed by atoms with E-state index in [-0.39, 0.29) is 24.4 Å². The number of hydrogen-bond donors (Lipinski definition) is 1. The number of aromatic nitrogens is 1. The monoisotopic (exact) mass is 355 g/mol. The van der Waals surface area contributed by atoms with Gasteiger partial charge in [-0.2, -0.15) is 0 Å². The molecule has 128 valence electrons. The number of hydrogen-bond acceptors (Lipinski definition) is 5. The first-order valence-electron chi connectivity index (χ1n) is 7.93. The van der Waals surface area contributed by atoms with Crippen LogP contribution in [-0.2, 0) is 9.53 Å². The molecule has 6 heteroatoms. The molecule has 0 radical (unpaired) electrons. The lowest BCUT2D eigenvalue weighted by molar-refractivity contribution is -0.146. The molecule has 3 aromatic rings. The quantitative estimate of drug-likeness (QED) is 0.513. The summed E-state index contributed by atoms with van der Waals surface area (Å²) < 4.78 is 5.20. The first kappa shape index (κ1) is 17.1. The fraction of sp³-hybridized carbons (Fsp3) is 0.211. The summed E-state index contributed by atoms with van der Waals surface area (Å²) in [6.45, 7) is 1.54. The molecule has 0 aliphatic rings. The maximum Gasteiger partial charge on any atom is 0.306 e. The van der Waals surface area contributed by atoms with Crippen molar-refractivity contribution in [3.63, 3.8) is 0 Å². The molecule has 3 rings (SSSR count). The summed E-state index contributed by atoms with van der Waals surface area (Å²) in [5.74, 6) is -0.913. The van der Waals surface area contributed by atoms with Crippen LogP contribution in [0.1, 0.15) is 39.8 Å². The Kier molecular flexibility index (Phi) is 5.09. The third-order valence-corrected chi connectivity index (χ3v) is 4.80. The van der Waals surface area contributed by atoms with Crippen LogP contribution in [0, 0.1) is 0 Å². The maximum atomic E-state index is 12.5. The van der Waals surface area contributed by atoms with E-state index in [2.05, 4.69) is 4.98 Å². The zero-order valence-electron chi connectivity index (χ0n) is 13.7. The Morgan fingerprint density at radius 2 is 1.92 bits per heavy atom. The van der Waals surface area contributed by atoms with Gasteiger partial charge in [-0.05, 0) is 24.4 Å². The van der Waals surface area contributed by atoms with E-state index in [0.717, 1.165) is 10.9 Å². The third-order valence-electron chi connectivity index (χ3n) is 3.88. The second kappa shape index (κ2) is 7.44. The highest BCUT2D eigenvalue weighted by molar-refractivity contribution is 7.12. The lowest BCUT2D eigenvalue weighted by Crippen LogP contribution is -2.24. The number of fused-ring (bicyclic) bond motifs is 1. The Morgan fingerprint density at radius 3 is 2.68 bits per heavy atom. The van der Waals surface area contributed by atoms with Crippen molar-refractivity contribution in [2.45, 2.75) is 25.9 Å². The van der Waals surface area contributed by atoms with Crippen LogP contribution in [0.3, 0.4) is 0 Å². The average molecular weight is 355 g/mol. The number of ether oxygens (including phenoxy) is 1. The molecule has 5 nitrogen and oxygen atoms in total. The Hall–Kier alpha value is -2.73. The number of esters is 1. The minimum Gasteiger partial charge on any atom is -0.454 e. The molecule has 0 aliphatic carbocycles. The van der Waals surface area contributed by atoms with Crippen molar-refractivity contribution in [2.75, 3.05) is 0 Å². The highest BCUT2D eigenvalue weighted by Crippen LogP contribution is 2.20. The molecule has 2 heterocycles. The normalized spacial score (nSPS) is 12.0. The maximum absolute atomic E-state index is 12.5. The number of rotatable bonds is 7. The van der Waals surface area contributed by atoms with Gasteiger partial charge in [0.05, 0.1) is 11.3 Å². The number of Topliss-reactive ketones (excluding diaryl/α,β-unsaturated/α-hetero) is 2. The molecule has 25 heavy (non-hydrogen) atoms. The zero-order valence-corrected chi connectivity index (χ0v) is 14.5. The van der Waals surface area contributed by atoms with Crippen molar-refractivity contribution in [1.82, 2.24) is 4.98 Å². The fourth-order valence-corrected chi connectivity index (χ4v) is 3.27. The average Bonchev–Trinajstić information content (AvgIpc) is 3.28. The number of aromatic amines is 1. The van der Waals surface area contributed by atoms with Gasteiger partial charge in [-0.25, -0.2) is 0 Å². The van der Waals surface area contributed by atoms with E-state index in [1.807, 2.05) is 29.6 Å². The van der Waals surface area contributed by atoms with Crippen LogP contribution in [0.5, 0.6) is 0 Å². The molecule has 1 atom stereocenters. The van der Waals surface area contributed by atoms with E-state index in [1.165, 1.54) is 11.3 Å². The Bertz CT molecular complexity index is 911. The molecule has 0 saturated carbocycles. The number of H-pyrrole nitrogens is 1. The lowest BCUT2D eigenvalue weighted by atomic mass is 10.1. The van der Waals surface area contributed by atoms with Crippen LogP contribution in [0.25, 0.3) is 10.9 Å². The molecular weight excluding hydrogens is 338 g/mol. The van der Waals surface area contributed by atoms with Gasteiger partial charge in [0.1, 0.15) is 0 Å². The number of carbonyl (C=O) groups is 3. The van der Waals surface area contributed by atoms with Gasteiger partial charge in [0.2, 0.25) is 5.78 Å². The molecule has 2 aromatic heterocycles. The first-order chi connectivity index (χ1) is 12.1. The zero-order chi connectivity index (χ0) is 17.8. The number of nitrogens with one attached hydrogen (secondary N) is 1. The van der Waals surface area contributed by atoms with Crippen LogP contribution in [0.2, 0.25) is 0 Å². The minimum absolute atomic E-state index is 0.0394. The van der Waals surface area contributed by atoms with Gasteiger partial charge in [0.15, 0.2) is 11.9 Å². The van der Waals surface area contributed by atoms with Gasteiger partial charge in [0.25, 0.3) is 0 Å². The summed E-state index contributed by atoms with van der Waals surface area (Å²) in [6, 6.07) is 11.0. The lowest BCUT2D eigenvalue weighted by Gasteiger charge is -2.11. The van der Waals surface area contributed by atoms with Crippen molar-refractivity contribution in [3.8, 4) is 0 Å². The Labute approximate surface area is 148 Å². The van der Waals surface area contributed by atoms with Gasteiger partial charge in [0, 0.05) is 29.1 Å². The van der Waals surface area contributed by atoms with Gasteiger partial charge < -0.3 is 9.72 Å². The fourth-order valence-electron chi connectivity index (χ4n) is 2.58. The summed E-state index contributed by atoms with van der Waals surface area (Å²) in [6.07, 6.45) is 0.760. The molecule has 1 N–H and O–H groups in total. The Balaban J connectivity index is 1.57. The molecule has 0 fully saturated rings. The molecule has 0 spiro atoms. The van der Waals surface area contributed by atoms with Crippen molar-refractivity contribution < 1.29 is 19.1 Å². The first-order valence-corrected chi connectivity index (χ1v) is 8.80. The predicted octanol–water partition coefficient (Wildman–Crippen LogP) is 4.01. The summed E-state index contributed by atoms with van der Waals surface area (Å²) in [5.41, 5.74) is 1.34. The van der Waals surface area contributed by atoms with Crippen molar-refractivity contribution in [2.24, 2.45) is 0 Å². The van der Waals surface area contributed by atoms with Gasteiger partial charge in [-0.3, -0.25) is 14.4 Å². The molecular formula is C19H17NO4S. The van der Waals surface area contributed by atoms with E-state index < -0.39 is 12.1 Å². The van der Waals surface area contributed by atoms with Crippen molar-refractivity contribution >= 4 is 39.8 Å². The van der Waals surface area contributed by atoms with E-state index in [9.17, 15) is 14.4 Å². The standard InChI is InChI=1S/C19H17NO4S/c1-12(19(23)14-11-20-15-6-3-2-5-13(14)15)24-18(22)9-8-16(21)17-7-4-10-25-17/h2-7,10-12,20H,8-9H2,1H3/t12-/m0/s1. The van der Waals surface area contributed by atoms with Crippen molar-refractivity contribution in [1.29, 1.82) is 0 Å². The summed E-state index contributed by atoms with van der Waals surface area (Å²) >= 11 is 1.34. The molecule has 0 aliphatic heterocycles. The highest BCUT2D eigenvalue weighted by Gasteiger charge is 2.22. The van der Waals surface area contributed by atoms with E-state index in [0.29, 0.717) is 10.4 Å².